The second-order valence-corrected chi connectivity index (χ2v) is 6.32. The van der Waals surface area contributed by atoms with E-state index in [0.29, 0.717) is 43.2 Å². The summed E-state index contributed by atoms with van der Waals surface area (Å²) in [5.74, 6) is -0.0581. The van der Waals surface area contributed by atoms with Gasteiger partial charge in [-0.05, 0) is 25.0 Å². The topological polar surface area (TPSA) is 137 Å². The number of nitro groups is 1. The Labute approximate surface area is 158 Å². The number of anilines is 1. The van der Waals surface area contributed by atoms with Crippen molar-refractivity contribution in [3.05, 3.63) is 34.6 Å². The molecule has 3 heterocycles. The minimum absolute atomic E-state index is 0.100. The van der Waals surface area contributed by atoms with Crippen molar-refractivity contribution >= 4 is 17.5 Å². The average Bonchev–Trinajstić information content (AvgIpc) is 3.15. The molecule has 1 saturated heterocycles. The third-order valence-corrected chi connectivity index (χ3v) is 4.65. The van der Waals surface area contributed by atoms with Crippen molar-refractivity contribution in [2.24, 2.45) is 5.92 Å². The van der Waals surface area contributed by atoms with Crippen molar-refractivity contribution in [3.63, 3.8) is 0 Å². The lowest BCUT2D eigenvalue weighted by molar-refractivity contribution is -0.385. The summed E-state index contributed by atoms with van der Waals surface area (Å²) in [6.07, 6.45) is 1.96. The van der Waals surface area contributed by atoms with Crippen LogP contribution in [-0.2, 0) is 4.79 Å². The number of aliphatic carboxylic acids is 1. The van der Waals surface area contributed by atoms with Gasteiger partial charge in [-0.3, -0.25) is 14.9 Å². The predicted molar refractivity (Wildman–Crippen MR) is 93.9 cm³/mol. The van der Waals surface area contributed by atoms with Crippen LogP contribution in [0.2, 0.25) is 0 Å². The molecule has 1 aromatic heterocycles. The van der Waals surface area contributed by atoms with E-state index in [1.165, 1.54) is 6.33 Å². The van der Waals surface area contributed by atoms with E-state index in [1.807, 2.05) is 0 Å². The number of piperidine rings is 1. The highest BCUT2D eigenvalue weighted by atomic mass is 16.7. The van der Waals surface area contributed by atoms with E-state index in [-0.39, 0.29) is 24.2 Å². The molecule has 2 aliphatic heterocycles. The lowest BCUT2D eigenvalue weighted by Gasteiger charge is -2.30. The zero-order valence-corrected chi connectivity index (χ0v) is 14.6. The van der Waals surface area contributed by atoms with Crippen LogP contribution in [0.1, 0.15) is 12.8 Å². The van der Waals surface area contributed by atoms with Gasteiger partial charge in [0.05, 0.1) is 10.8 Å². The zero-order valence-electron chi connectivity index (χ0n) is 14.6. The van der Waals surface area contributed by atoms with Crippen LogP contribution in [-0.4, -0.2) is 45.8 Å². The Morgan fingerprint density at radius 1 is 1.25 bits per heavy atom. The Morgan fingerprint density at radius 2 is 2.00 bits per heavy atom. The van der Waals surface area contributed by atoms with Crippen LogP contribution < -0.4 is 19.1 Å². The summed E-state index contributed by atoms with van der Waals surface area (Å²) >= 11 is 0. The maximum atomic E-state index is 11.7. The third-order valence-electron chi connectivity index (χ3n) is 4.65. The lowest BCUT2D eigenvalue weighted by atomic mass is 9.97. The summed E-state index contributed by atoms with van der Waals surface area (Å²) in [4.78, 5) is 31.9. The number of hydrogen-bond donors (Lipinski definition) is 1. The minimum atomic E-state index is -0.858. The molecule has 0 aliphatic carbocycles. The van der Waals surface area contributed by atoms with E-state index in [0.717, 1.165) is 0 Å². The molecule has 1 fully saturated rings. The Kier molecular flexibility index (Phi) is 4.55. The number of ether oxygens (including phenoxy) is 3. The molecule has 0 amide bonds. The second kappa shape index (κ2) is 7.18. The standard InChI is InChI=1S/C17H16N4O7/c22-17(23)10-3-5-20(6-4-10)15-14(21(24)25)16(19-8-18-15)28-11-1-2-12-13(7-11)27-9-26-12/h1-2,7-8,10H,3-6,9H2,(H,22,23). The largest absolute Gasteiger partial charge is 0.481 e. The molecule has 0 saturated carbocycles. The van der Waals surface area contributed by atoms with E-state index >= 15 is 0 Å². The Hall–Kier alpha value is -3.63. The van der Waals surface area contributed by atoms with Crippen molar-refractivity contribution in [1.29, 1.82) is 0 Å². The predicted octanol–water partition coefficient (Wildman–Crippen LogP) is 2.21. The lowest BCUT2D eigenvalue weighted by Crippen LogP contribution is -2.37. The number of carbonyl (C=O) groups is 1. The normalized spacial score (nSPS) is 16.1. The average molecular weight is 388 g/mol. The molecule has 0 bridgehead atoms. The first kappa shape index (κ1) is 17.8. The molecule has 0 spiro atoms. The summed E-state index contributed by atoms with van der Waals surface area (Å²) in [5.41, 5.74) is -0.367. The number of aromatic nitrogens is 2. The molecule has 11 nitrogen and oxygen atoms in total. The van der Waals surface area contributed by atoms with Crippen molar-refractivity contribution < 1.29 is 29.0 Å². The fourth-order valence-corrected chi connectivity index (χ4v) is 3.21. The monoisotopic (exact) mass is 388 g/mol. The molecule has 0 atom stereocenters. The first-order chi connectivity index (χ1) is 13.5. The maximum absolute atomic E-state index is 11.7. The van der Waals surface area contributed by atoms with Gasteiger partial charge in [-0.2, -0.15) is 4.98 Å². The molecule has 2 aromatic rings. The van der Waals surface area contributed by atoms with Crippen LogP contribution in [0.25, 0.3) is 0 Å². The van der Waals surface area contributed by atoms with Gasteiger partial charge in [0.1, 0.15) is 12.1 Å². The van der Waals surface area contributed by atoms with Crippen LogP contribution in [0.15, 0.2) is 24.5 Å². The van der Waals surface area contributed by atoms with E-state index < -0.39 is 16.8 Å². The molecule has 11 heteroatoms. The number of fused-ring (bicyclic) bond motifs is 1. The third kappa shape index (κ3) is 3.33. The van der Waals surface area contributed by atoms with Crippen LogP contribution in [0.3, 0.4) is 0 Å². The Balaban J connectivity index is 1.61. The molecular formula is C17H16N4O7. The van der Waals surface area contributed by atoms with E-state index in [9.17, 15) is 14.9 Å². The minimum Gasteiger partial charge on any atom is -0.481 e. The van der Waals surface area contributed by atoms with Gasteiger partial charge < -0.3 is 24.2 Å². The van der Waals surface area contributed by atoms with E-state index in [1.54, 1.807) is 23.1 Å². The van der Waals surface area contributed by atoms with Crippen LogP contribution >= 0.6 is 0 Å². The van der Waals surface area contributed by atoms with Crippen LogP contribution in [0.4, 0.5) is 11.5 Å². The summed E-state index contributed by atoms with van der Waals surface area (Å²) in [7, 11) is 0. The molecule has 0 radical (unpaired) electrons. The number of nitrogens with zero attached hydrogens (tertiary/aromatic N) is 4. The highest BCUT2D eigenvalue weighted by molar-refractivity contribution is 5.71. The van der Waals surface area contributed by atoms with Gasteiger partial charge in [-0.1, -0.05) is 0 Å². The molecule has 4 rings (SSSR count). The molecule has 0 unspecified atom stereocenters. The Bertz CT molecular complexity index is 928. The SMILES string of the molecule is O=C(O)C1CCN(c2ncnc(Oc3ccc4c(c3)OCO4)c2[N+](=O)[O-])CC1. The first-order valence-electron chi connectivity index (χ1n) is 8.57. The number of benzene rings is 1. The highest BCUT2D eigenvalue weighted by Gasteiger charge is 2.32. The van der Waals surface area contributed by atoms with Gasteiger partial charge >= 0.3 is 17.5 Å². The van der Waals surface area contributed by atoms with E-state index in [4.69, 9.17) is 19.3 Å². The summed E-state index contributed by atoms with van der Waals surface area (Å²) in [6, 6.07) is 4.80. The van der Waals surface area contributed by atoms with Gasteiger partial charge in [-0.15, -0.1) is 0 Å². The number of carboxylic acid groups (broad SMARTS) is 1. The van der Waals surface area contributed by atoms with Crippen molar-refractivity contribution in [3.8, 4) is 23.1 Å². The van der Waals surface area contributed by atoms with Crippen molar-refractivity contribution in [1.82, 2.24) is 9.97 Å². The fraction of sp³-hybridized carbons (Fsp3) is 0.353. The van der Waals surface area contributed by atoms with Gasteiger partial charge in [0, 0.05) is 19.2 Å². The molecule has 146 valence electrons. The smallest absolute Gasteiger partial charge is 0.373 e. The zero-order chi connectivity index (χ0) is 19.7. The summed E-state index contributed by atoms with van der Waals surface area (Å²) < 4.78 is 16.1. The van der Waals surface area contributed by atoms with E-state index in [2.05, 4.69) is 9.97 Å². The summed E-state index contributed by atoms with van der Waals surface area (Å²) in [6.45, 7) is 0.791. The van der Waals surface area contributed by atoms with Crippen molar-refractivity contribution in [2.45, 2.75) is 12.8 Å². The first-order valence-corrected chi connectivity index (χ1v) is 8.57. The van der Waals surface area contributed by atoms with Crippen LogP contribution in [0, 0.1) is 16.0 Å². The molecule has 2 aliphatic rings. The maximum Gasteiger partial charge on any atom is 0.373 e. The van der Waals surface area contributed by atoms with Gasteiger partial charge in [0.15, 0.2) is 11.5 Å². The second-order valence-electron chi connectivity index (χ2n) is 6.32. The molecule has 1 N–H and O–H groups in total. The molecule has 28 heavy (non-hydrogen) atoms. The number of rotatable bonds is 5. The molecular weight excluding hydrogens is 372 g/mol. The quantitative estimate of drug-likeness (QED) is 0.599. The Morgan fingerprint density at radius 3 is 2.71 bits per heavy atom. The van der Waals surface area contributed by atoms with Crippen LogP contribution in [0.5, 0.6) is 23.1 Å². The fourth-order valence-electron chi connectivity index (χ4n) is 3.21. The van der Waals surface area contributed by atoms with Crippen molar-refractivity contribution in [2.75, 3.05) is 24.8 Å². The number of carboxylic acids is 1. The summed E-state index contributed by atoms with van der Waals surface area (Å²) in [5, 5.41) is 20.8. The van der Waals surface area contributed by atoms with Gasteiger partial charge in [-0.25, -0.2) is 4.98 Å². The number of hydrogen-bond acceptors (Lipinski definition) is 9. The van der Waals surface area contributed by atoms with Gasteiger partial charge in [0.25, 0.3) is 0 Å². The van der Waals surface area contributed by atoms with Gasteiger partial charge in [0.2, 0.25) is 12.6 Å². The molecule has 1 aromatic carbocycles. The highest BCUT2D eigenvalue weighted by Crippen LogP contribution is 2.40.